The summed E-state index contributed by atoms with van der Waals surface area (Å²) in [7, 11) is 0. The molecule has 88 valence electrons. The van der Waals surface area contributed by atoms with Crippen LogP contribution in [-0.2, 0) is 11.3 Å². The molecule has 0 aliphatic heterocycles. The van der Waals surface area contributed by atoms with Crippen LogP contribution >= 0.6 is 0 Å². The van der Waals surface area contributed by atoms with Crippen molar-refractivity contribution in [2.24, 2.45) is 0 Å². The Kier molecular flexibility index (Phi) is 3.56. The number of carbonyl (C=O) groups is 1. The molecule has 16 heavy (non-hydrogen) atoms. The highest BCUT2D eigenvalue weighted by Gasteiger charge is 2.22. The summed E-state index contributed by atoms with van der Waals surface area (Å²) in [6, 6.07) is 2.34. The maximum atomic E-state index is 11.3. The van der Waals surface area contributed by atoms with Crippen LogP contribution in [0.3, 0.4) is 0 Å². The van der Waals surface area contributed by atoms with Crippen molar-refractivity contribution in [3.63, 3.8) is 0 Å². The third kappa shape index (κ3) is 3.66. The van der Waals surface area contributed by atoms with Crippen molar-refractivity contribution in [3.8, 4) is 0 Å². The zero-order valence-corrected chi connectivity index (χ0v) is 9.45. The van der Waals surface area contributed by atoms with Crippen LogP contribution in [0.5, 0.6) is 0 Å². The Labute approximate surface area is 94.6 Å². The molecule has 2 rings (SSSR count). The predicted molar refractivity (Wildman–Crippen MR) is 58.7 cm³/mol. The van der Waals surface area contributed by atoms with Gasteiger partial charge in [0.2, 0.25) is 5.91 Å². The van der Waals surface area contributed by atoms with Crippen LogP contribution < -0.4 is 10.6 Å². The molecule has 0 unspecified atom stereocenters. The minimum Gasteiger partial charge on any atom is -0.361 e. The molecule has 1 saturated carbocycles. The van der Waals surface area contributed by atoms with Gasteiger partial charge in [0.05, 0.1) is 5.69 Å². The van der Waals surface area contributed by atoms with Gasteiger partial charge in [0.1, 0.15) is 5.76 Å². The van der Waals surface area contributed by atoms with E-state index in [1.165, 1.54) is 0 Å². The molecule has 0 radical (unpaired) electrons. The Morgan fingerprint density at radius 1 is 1.62 bits per heavy atom. The summed E-state index contributed by atoms with van der Waals surface area (Å²) in [4.78, 5) is 11.3. The molecule has 5 nitrogen and oxygen atoms in total. The van der Waals surface area contributed by atoms with Crippen LogP contribution in [0.4, 0.5) is 0 Å². The molecular formula is C11H17N3O2. The molecule has 1 aliphatic carbocycles. The second-order valence-corrected chi connectivity index (χ2v) is 4.20. The van der Waals surface area contributed by atoms with Gasteiger partial charge in [-0.05, 0) is 19.8 Å². The van der Waals surface area contributed by atoms with Crippen LogP contribution in [0.15, 0.2) is 10.6 Å². The van der Waals surface area contributed by atoms with Gasteiger partial charge < -0.3 is 15.2 Å². The van der Waals surface area contributed by atoms with Gasteiger partial charge in [-0.3, -0.25) is 4.79 Å². The van der Waals surface area contributed by atoms with E-state index >= 15 is 0 Å². The van der Waals surface area contributed by atoms with E-state index in [1.54, 1.807) is 0 Å². The first-order chi connectivity index (χ1) is 7.74. The van der Waals surface area contributed by atoms with E-state index in [-0.39, 0.29) is 5.91 Å². The summed E-state index contributed by atoms with van der Waals surface area (Å²) < 4.78 is 4.93. The molecule has 1 aromatic rings. The Balaban J connectivity index is 1.55. The van der Waals surface area contributed by atoms with Gasteiger partial charge in [-0.25, -0.2) is 0 Å². The van der Waals surface area contributed by atoms with Crippen molar-refractivity contribution in [3.05, 3.63) is 17.5 Å². The first-order valence-electron chi connectivity index (χ1n) is 5.66. The van der Waals surface area contributed by atoms with Crippen molar-refractivity contribution in [2.45, 2.75) is 38.8 Å². The number of hydrogen-bond donors (Lipinski definition) is 2. The minimum atomic E-state index is 0.131. The van der Waals surface area contributed by atoms with Crippen molar-refractivity contribution < 1.29 is 9.32 Å². The third-order valence-electron chi connectivity index (χ3n) is 2.45. The van der Waals surface area contributed by atoms with E-state index in [0.717, 1.165) is 24.3 Å². The molecule has 1 aliphatic rings. The average molecular weight is 223 g/mol. The minimum absolute atomic E-state index is 0.131. The van der Waals surface area contributed by atoms with Gasteiger partial charge >= 0.3 is 0 Å². The van der Waals surface area contributed by atoms with Gasteiger partial charge in [0.15, 0.2) is 0 Å². The number of amides is 1. The lowest BCUT2D eigenvalue weighted by atomic mass is 10.3. The fraction of sp³-hybridized carbons (Fsp3) is 0.636. The van der Waals surface area contributed by atoms with Crippen LogP contribution in [0.1, 0.15) is 30.7 Å². The lowest BCUT2D eigenvalue weighted by molar-refractivity contribution is -0.121. The fourth-order valence-electron chi connectivity index (χ4n) is 1.45. The highest BCUT2D eigenvalue weighted by atomic mass is 16.5. The van der Waals surface area contributed by atoms with E-state index in [9.17, 15) is 4.79 Å². The van der Waals surface area contributed by atoms with Crippen LogP contribution in [0.25, 0.3) is 0 Å². The average Bonchev–Trinajstić information content (AvgIpc) is 2.95. The predicted octanol–water partition coefficient (Wildman–Crippen LogP) is 0.741. The van der Waals surface area contributed by atoms with Crippen LogP contribution in [0, 0.1) is 6.92 Å². The smallest absolute Gasteiger partial charge is 0.221 e. The van der Waals surface area contributed by atoms with Gasteiger partial charge in [0, 0.05) is 31.6 Å². The molecule has 0 bridgehead atoms. The van der Waals surface area contributed by atoms with E-state index < -0.39 is 0 Å². The largest absolute Gasteiger partial charge is 0.361 e. The number of nitrogens with one attached hydrogen (secondary N) is 2. The molecule has 1 amide bonds. The standard InChI is InChI=1S/C11H17N3O2/c1-8-6-10(14-16-8)7-12-5-4-11(15)13-9-2-3-9/h6,9,12H,2-5,7H2,1H3,(H,13,15). The monoisotopic (exact) mass is 223 g/mol. The molecule has 5 heteroatoms. The van der Waals surface area contributed by atoms with Crippen LogP contribution in [-0.4, -0.2) is 23.7 Å². The number of nitrogens with zero attached hydrogens (tertiary/aromatic N) is 1. The lowest BCUT2D eigenvalue weighted by Crippen LogP contribution is -2.29. The van der Waals surface area contributed by atoms with Gasteiger partial charge in [-0.1, -0.05) is 5.16 Å². The highest BCUT2D eigenvalue weighted by molar-refractivity contribution is 5.76. The zero-order valence-electron chi connectivity index (χ0n) is 9.45. The molecular weight excluding hydrogens is 206 g/mol. The maximum absolute atomic E-state index is 11.3. The van der Waals surface area contributed by atoms with Gasteiger partial charge in [-0.2, -0.15) is 0 Å². The zero-order chi connectivity index (χ0) is 11.4. The summed E-state index contributed by atoms with van der Waals surface area (Å²) in [6.45, 7) is 3.18. The van der Waals surface area contributed by atoms with E-state index in [1.807, 2.05) is 13.0 Å². The highest BCUT2D eigenvalue weighted by Crippen LogP contribution is 2.18. The lowest BCUT2D eigenvalue weighted by Gasteiger charge is -2.03. The summed E-state index contributed by atoms with van der Waals surface area (Å²) in [6.07, 6.45) is 2.79. The first kappa shape index (κ1) is 11.1. The Bertz CT molecular complexity index is 358. The SMILES string of the molecule is Cc1cc(CNCCC(=O)NC2CC2)no1. The second-order valence-electron chi connectivity index (χ2n) is 4.20. The van der Waals surface area contributed by atoms with Crippen LogP contribution in [0.2, 0.25) is 0 Å². The van der Waals surface area contributed by atoms with Gasteiger partial charge in [0.25, 0.3) is 0 Å². The Morgan fingerprint density at radius 3 is 3.06 bits per heavy atom. The Hall–Kier alpha value is -1.36. The molecule has 0 aromatic carbocycles. The molecule has 2 N–H and O–H groups in total. The summed E-state index contributed by atoms with van der Waals surface area (Å²) >= 11 is 0. The topological polar surface area (TPSA) is 67.2 Å². The van der Waals surface area contributed by atoms with Crippen molar-refractivity contribution in [1.82, 2.24) is 15.8 Å². The van der Waals surface area contributed by atoms with E-state index in [4.69, 9.17) is 4.52 Å². The molecule has 0 spiro atoms. The van der Waals surface area contributed by atoms with E-state index in [0.29, 0.717) is 25.6 Å². The fourth-order valence-corrected chi connectivity index (χ4v) is 1.45. The summed E-state index contributed by atoms with van der Waals surface area (Å²) in [5.74, 6) is 0.939. The van der Waals surface area contributed by atoms with Crippen molar-refractivity contribution in [2.75, 3.05) is 6.54 Å². The molecule has 0 atom stereocenters. The molecule has 1 heterocycles. The quantitative estimate of drug-likeness (QED) is 0.698. The van der Waals surface area contributed by atoms with E-state index in [2.05, 4.69) is 15.8 Å². The molecule has 1 fully saturated rings. The number of aryl methyl sites for hydroxylation is 1. The van der Waals surface area contributed by atoms with Gasteiger partial charge in [-0.15, -0.1) is 0 Å². The maximum Gasteiger partial charge on any atom is 0.221 e. The number of rotatable bonds is 6. The second kappa shape index (κ2) is 5.12. The number of aromatic nitrogens is 1. The molecule has 0 saturated heterocycles. The Morgan fingerprint density at radius 2 is 2.44 bits per heavy atom. The normalized spacial score (nSPS) is 15.1. The summed E-state index contributed by atoms with van der Waals surface area (Å²) in [5, 5.41) is 9.95. The number of carbonyl (C=O) groups excluding carboxylic acids is 1. The third-order valence-corrected chi connectivity index (χ3v) is 2.45. The number of hydrogen-bond acceptors (Lipinski definition) is 4. The molecule has 1 aromatic heterocycles. The summed E-state index contributed by atoms with van der Waals surface area (Å²) in [5.41, 5.74) is 0.875. The van der Waals surface area contributed by atoms with Crippen molar-refractivity contribution >= 4 is 5.91 Å². The van der Waals surface area contributed by atoms with Crippen molar-refractivity contribution in [1.29, 1.82) is 0 Å². The first-order valence-corrected chi connectivity index (χ1v) is 5.66.